The van der Waals surface area contributed by atoms with Gasteiger partial charge in [0.25, 0.3) is 5.91 Å². The number of hydrogen-bond donors (Lipinski definition) is 2. The summed E-state index contributed by atoms with van der Waals surface area (Å²) in [5.74, 6) is 0.160. The van der Waals surface area contributed by atoms with Gasteiger partial charge in [0.15, 0.2) is 5.69 Å². The minimum Gasteiger partial charge on any atom is -0.357 e. The number of likely N-dealkylation sites (N-methyl/N-ethyl adjacent to an activating group) is 1. The van der Waals surface area contributed by atoms with E-state index in [2.05, 4.69) is 25.2 Å². The maximum atomic E-state index is 13.6. The Morgan fingerprint density at radius 3 is 2.49 bits per heavy atom. The highest BCUT2D eigenvalue weighted by Crippen LogP contribution is 2.30. The molecule has 3 aromatic rings. The minimum atomic E-state index is -0.688. The highest BCUT2D eigenvalue weighted by atomic mass is 16.2. The molecule has 4 rings (SSSR count). The van der Waals surface area contributed by atoms with Gasteiger partial charge < -0.3 is 20.1 Å². The number of rotatable bonds is 5. The van der Waals surface area contributed by atoms with E-state index >= 15 is 0 Å². The van der Waals surface area contributed by atoms with E-state index in [0.717, 1.165) is 48.0 Å². The van der Waals surface area contributed by atoms with Crippen molar-refractivity contribution in [3.63, 3.8) is 0 Å². The summed E-state index contributed by atoms with van der Waals surface area (Å²) >= 11 is 0. The van der Waals surface area contributed by atoms with E-state index in [0.29, 0.717) is 12.2 Å². The Morgan fingerprint density at radius 2 is 1.83 bits per heavy atom. The summed E-state index contributed by atoms with van der Waals surface area (Å²) in [5, 5.41) is 10.2. The molecule has 2 N–H and O–H groups in total. The fourth-order valence-electron chi connectivity index (χ4n) is 4.59. The van der Waals surface area contributed by atoms with Gasteiger partial charge in [-0.05, 0) is 44.5 Å². The van der Waals surface area contributed by atoms with E-state index in [1.807, 2.05) is 76.0 Å². The second-order valence-electron chi connectivity index (χ2n) is 10.3. The molecule has 1 unspecified atom stereocenters. The van der Waals surface area contributed by atoms with Crippen LogP contribution < -0.4 is 10.6 Å². The van der Waals surface area contributed by atoms with Crippen molar-refractivity contribution in [2.24, 2.45) is 5.41 Å². The van der Waals surface area contributed by atoms with Gasteiger partial charge in [0.1, 0.15) is 11.9 Å². The first-order chi connectivity index (χ1) is 16.6. The van der Waals surface area contributed by atoms with Crippen LogP contribution in [0.3, 0.4) is 0 Å². The normalized spacial score (nSPS) is 15.3. The van der Waals surface area contributed by atoms with Crippen LogP contribution in [0.15, 0.2) is 36.5 Å². The van der Waals surface area contributed by atoms with Gasteiger partial charge >= 0.3 is 0 Å². The lowest BCUT2D eigenvalue weighted by Crippen LogP contribution is -2.53. The van der Waals surface area contributed by atoms with E-state index in [-0.39, 0.29) is 11.8 Å². The lowest BCUT2D eigenvalue weighted by atomic mass is 9.86. The molecule has 0 fully saturated rings. The molecule has 9 heteroatoms. The van der Waals surface area contributed by atoms with E-state index in [1.54, 1.807) is 7.05 Å². The van der Waals surface area contributed by atoms with Crippen LogP contribution in [0.4, 0.5) is 0 Å². The van der Waals surface area contributed by atoms with E-state index < -0.39 is 11.5 Å². The Balaban J connectivity index is 1.78. The van der Waals surface area contributed by atoms with Gasteiger partial charge in [-0.25, -0.2) is 9.67 Å². The monoisotopic (exact) mass is 477 g/mol. The number of carbonyl (C=O) groups excluding carboxylic acids is 2. The molecule has 3 heterocycles. The number of imidazole rings is 1. The van der Waals surface area contributed by atoms with Crippen molar-refractivity contribution < 1.29 is 9.59 Å². The van der Waals surface area contributed by atoms with Crippen LogP contribution >= 0.6 is 0 Å². The summed E-state index contributed by atoms with van der Waals surface area (Å²) < 4.78 is 4.03. The van der Waals surface area contributed by atoms with Crippen molar-refractivity contribution in [3.8, 4) is 17.1 Å². The lowest BCUT2D eigenvalue weighted by Gasteiger charge is -2.29. The van der Waals surface area contributed by atoms with Crippen molar-refractivity contribution in [1.82, 2.24) is 34.9 Å². The van der Waals surface area contributed by atoms with Crippen LogP contribution in [0, 0.1) is 12.3 Å². The molecule has 2 aromatic heterocycles. The maximum Gasteiger partial charge on any atom is 0.272 e. The van der Waals surface area contributed by atoms with Crippen LogP contribution in [0.1, 0.15) is 49.1 Å². The van der Waals surface area contributed by atoms with Crippen molar-refractivity contribution in [1.29, 1.82) is 0 Å². The molecule has 186 valence electrons. The number of fused-ring (bicyclic) bond motifs is 1. The van der Waals surface area contributed by atoms with Crippen LogP contribution in [0.5, 0.6) is 0 Å². The number of nitrogens with zero attached hydrogens (tertiary/aromatic N) is 5. The van der Waals surface area contributed by atoms with Crippen molar-refractivity contribution >= 4 is 11.8 Å². The molecule has 0 radical (unpaired) electrons. The first-order valence-corrected chi connectivity index (χ1v) is 12.0. The quantitative estimate of drug-likeness (QED) is 0.589. The smallest absolute Gasteiger partial charge is 0.272 e. The summed E-state index contributed by atoms with van der Waals surface area (Å²) in [6, 6.07) is 9.27. The van der Waals surface area contributed by atoms with E-state index in [1.165, 1.54) is 0 Å². The number of aromatic nitrogens is 4. The second kappa shape index (κ2) is 9.65. The Kier molecular flexibility index (Phi) is 6.80. The van der Waals surface area contributed by atoms with Crippen LogP contribution in [-0.2, 0) is 17.9 Å². The molecule has 0 saturated carbocycles. The van der Waals surface area contributed by atoms with E-state index in [9.17, 15) is 9.59 Å². The Labute approximate surface area is 206 Å². The fourth-order valence-corrected chi connectivity index (χ4v) is 4.59. The van der Waals surface area contributed by atoms with Gasteiger partial charge in [-0.15, -0.1) is 0 Å². The molecule has 0 bridgehead atoms. The van der Waals surface area contributed by atoms with Gasteiger partial charge in [-0.2, -0.15) is 5.10 Å². The summed E-state index contributed by atoms with van der Waals surface area (Å²) in [4.78, 5) is 33.2. The van der Waals surface area contributed by atoms with Crippen LogP contribution in [0.25, 0.3) is 17.1 Å². The molecule has 1 atom stereocenters. The summed E-state index contributed by atoms with van der Waals surface area (Å²) in [5.41, 5.74) is 3.56. The second-order valence-corrected chi connectivity index (χ2v) is 10.3. The molecular formula is C26H35N7O2. The van der Waals surface area contributed by atoms with Crippen molar-refractivity contribution in [2.45, 2.75) is 53.2 Å². The first kappa shape index (κ1) is 24.7. The third kappa shape index (κ3) is 4.86. The molecule has 1 aliphatic heterocycles. The number of para-hydroxylation sites is 1. The predicted molar refractivity (Wildman–Crippen MR) is 135 cm³/mol. The zero-order chi connectivity index (χ0) is 25.3. The van der Waals surface area contributed by atoms with Gasteiger partial charge in [0.2, 0.25) is 5.91 Å². The largest absolute Gasteiger partial charge is 0.357 e. The van der Waals surface area contributed by atoms with Gasteiger partial charge in [0.05, 0.1) is 28.8 Å². The average molecular weight is 478 g/mol. The zero-order valence-corrected chi connectivity index (χ0v) is 21.4. The minimum absolute atomic E-state index is 0.228. The SMILES string of the molecule is CNC(=O)C(NC(=O)c1nc(-c2cnn(-c3ccccc3)c2C)n2c1CN(C)CCC2)C(C)(C)C. The molecule has 2 amide bonds. The Hall–Kier alpha value is -3.46. The average Bonchev–Trinajstić information content (AvgIpc) is 3.30. The Bertz CT molecular complexity index is 1220. The molecule has 1 aromatic carbocycles. The number of amides is 2. The van der Waals surface area contributed by atoms with Gasteiger partial charge in [-0.1, -0.05) is 39.0 Å². The molecule has 0 saturated heterocycles. The highest BCUT2D eigenvalue weighted by molar-refractivity contribution is 5.98. The van der Waals surface area contributed by atoms with Crippen molar-refractivity contribution in [3.05, 3.63) is 53.6 Å². The lowest BCUT2D eigenvalue weighted by molar-refractivity contribution is -0.124. The number of carbonyl (C=O) groups is 2. The van der Waals surface area contributed by atoms with Gasteiger partial charge in [-0.3, -0.25) is 9.59 Å². The number of benzene rings is 1. The van der Waals surface area contributed by atoms with Crippen molar-refractivity contribution in [2.75, 3.05) is 20.6 Å². The highest BCUT2D eigenvalue weighted by Gasteiger charge is 2.35. The molecule has 0 aliphatic carbocycles. The molecule has 9 nitrogen and oxygen atoms in total. The zero-order valence-electron chi connectivity index (χ0n) is 21.4. The predicted octanol–water partition coefficient (Wildman–Crippen LogP) is 2.77. The van der Waals surface area contributed by atoms with E-state index in [4.69, 9.17) is 4.98 Å². The molecular weight excluding hydrogens is 442 g/mol. The fraction of sp³-hybridized carbons (Fsp3) is 0.462. The molecule has 1 aliphatic rings. The van der Waals surface area contributed by atoms with Crippen LogP contribution in [0.2, 0.25) is 0 Å². The topological polar surface area (TPSA) is 97.1 Å². The summed E-state index contributed by atoms with van der Waals surface area (Å²) in [6.07, 6.45) is 2.76. The third-order valence-electron chi connectivity index (χ3n) is 6.53. The third-order valence-corrected chi connectivity index (χ3v) is 6.53. The molecule has 0 spiro atoms. The number of nitrogens with one attached hydrogen (secondary N) is 2. The van der Waals surface area contributed by atoms with Gasteiger partial charge in [0, 0.05) is 20.1 Å². The first-order valence-electron chi connectivity index (χ1n) is 12.0. The number of hydrogen-bond acceptors (Lipinski definition) is 5. The van der Waals surface area contributed by atoms with Crippen LogP contribution in [-0.4, -0.2) is 62.7 Å². The maximum absolute atomic E-state index is 13.6. The standard InChI is InChI=1S/C26H35N7O2/c1-17-19(15-28-33(17)18-11-8-7-9-12-18)23-29-21(20-16-31(6)13-10-14-32(20)23)24(34)30-22(25(35)27-5)26(2,3)4/h7-9,11-12,15,22H,10,13-14,16H2,1-6H3,(H,27,35)(H,30,34). The summed E-state index contributed by atoms with van der Waals surface area (Å²) in [7, 11) is 3.63. The Morgan fingerprint density at radius 1 is 1.11 bits per heavy atom. The summed E-state index contributed by atoms with van der Waals surface area (Å²) in [6.45, 7) is 10.1. The molecule has 35 heavy (non-hydrogen) atoms.